The van der Waals surface area contributed by atoms with E-state index >= 15 is 0 Å². The smallest absolute Gasteiger partial charge is 0.287 e. The van der Waals surface area contributed by atoms with Gasteiger partial charge in [0.15, 0.2) is 5.82 Å². The van der Waals surface area contributed by atoms with Gasteiger partial charge in [0.1, 0.15) is 23.9 Å². The number of rotatable bonds is 5. The summed E-state index contributed by atoms with van der Waals surface area (Å²) in [4.78, 5) is 16.6. The number of hydrogen-bond acceptors (Lipinski definition) is 10. The molecule has 0 saturated carbocycles. The summed E-state index contributed by atoms with van der Waals surface area (Å²) in [6.07, 6.45) is 4.65. The minimum Gasteiger partial charge on any atom is -0.372 e. The van der Waals surface area contributed by atoms with Gasteiger partial charge in [0.2, 0.25) is 0 Å². The number of hydrogen-bond donors (Lipinski definition) is 2. The Bertz CT molecular complexity index is 985. The second kappa shape index (κ2) is 7.31. The van der Waals surface area contributed by atoms with Crippen molar-refractivity contribution in [3.63, 3.8) is 0 Å². The molecule has 3 heterocycles. The van der Waals surface area contributed by atoms with Crippen molar-refractivity contribution in [3.8, 4) is 12.0 Å². The Morgan fingerprint density at radius 2 is 1.81 bits per heavy atom. The number of nitrogens with one attached hydrogen (secondary N) is 2. The molecule has 3 aromatic heterocycles. The standard InChI is InChI=1S/C15H15N11/c1-9-10(7-16)12(17-2)22-13(18-3)11(9)23-24-14-21-8-26(25-14)15-19-5-4-6-20-15/h4-6,8H,1-3H3,(H2,17,18,22). The summed E-state index contributed by atoms with van der Waals surface area (Å²) in [6.45, 7) is 1.78. The van der Waals surface area contributed by atoms with E-state index < -0.39 is 0 Å². The summed E-state index contributed by atoms with van der Waals surface area (Å²) in [5.41, 5.74) is 1.48. The minimum absolute atomic E-state index is 0.134. The zero-order valence-corrected chi connectivity index (χ0v) is 14.3. The number of nitriles is 1. The van der Waals surface area contributed by atoms with E-state index in [0.717, 1.165) is 0 Å². The summed E-state index contributed by atoms with van der Waals surface area (Å²) in [5.74, 6) is 1.47. The second-order valence-corrected chi connectivity index (χ2v) is 5.01. The quantitative estimate of drug-likeness (QED) is 0.667. The molecular formula is C15H15N11. The lowest BCUT2D eigenvalue weighted by Gasteiger charge is -2.11. The van der Waals surface area contributed by atoms with Gasteiger partial charge >= 0.3 is 0 Å². The van der Waals surface area contributed by atoms with Crippen molar-refractivity contribution >= 4 is 23.3 Å². The van der Waals surface area contributed by atoms with Crippen LogP contribution < -0.4 is 10.6 Å². The Labute approximate surface area is 148 Å². The third-order valence-corrected chi connectivity index (χ3v) is 3.48. The van der Waals surface area contributed by atoms with Crippen LogP contribution in [0, 0.1) is 18.3 Å². The molecule has 0 aromatic carbocycles. The van der Waals surface area contributed by atoms with Crippen molar-refractivity contribution in [2.75, 3.05) is 24.7 Å². The van der Waals surface area contributed by atoms with E-state index in [-0.39, 0.29) is 5.95 Å². The van der Waals surface area contributed by atoms with Crippen molar-refractivity contribution < 1.29 is 0 Å². The fourth-order valence-corrected chi connectivity index (χ4v) is 2.21. The molecule has 2 N–H and O–H groups in total. The van der Waals surface area contributed by atoms with E-state index in [9.17, 15) is 5.26 Å². The Morgan fingerprint density at radius 1 is 1.08 bits per heavy atom. The summed E-state index contributed by atoms with van der Waals surface area (Å²) in [7, 11) is 3.41. The normalized spacial score (nSPS) is 10.7. The molecule has 0 fully saturated rings. The van der Waals surface area contributed by atoms with Gasteiger partial charge in [0.05, 0.1) is 5.56 Å². The third-order valence-electron chi connectivity index (χ3n) is 3.48. The Balaban J connectivity index is 1.96. The molecule has 0 unspecified atom stereocenters. The number of pyridine rings is 1. The van der Waals surface area contributed by atoms with Gasteiger partial charge in [-0.3, -0.25) is 0 Å². The molecule has 0 spiro atoms. The first-order chi connectivity index (χ1) is 12.7. The lowest BCUT2D eigenvalue weighted by molar-refractivity contribution is 0.804. The van der Waals surface area contributed by atoms with Crippen LogP contribution in [0.2, 0.25) is 0 Å². The van der Waals surface area contributed by atoms with Gasteiger partial charge in [-0.05, 0) is 13.0 Å². The van der Waals surface area contributed by atoms with Crippen molar-refractivity contribution in [2.24, 2.45) is 10.2 Å². The fraction of sp³-hybridized carbons (Fsp3) is 0.200. The van der Waals surface area contributed by atoms with E-state index in [4.69, 9.17) is 0 Å². The van der Waals surface area contributed by atoms with Crippen LogP contribution in [-0.4, -0.2) is 43.8 Å². The summed E-state index contributed by atoms with van der Waals surface area (Å²) >= 11 is 0. The van der Waals surface area contributed by atoms with Gasteiger partial charge in [0, 0.05) is 32.1 Å². The van der Waals surface area contributed by atoms with Gasteiger partial charge in [0.25, 0.3) is 11.9 Å². The molecule has 11 heteroatoms. The lowest BCUT2D eigenvalue weighted by atomic mass is 10.1. The first-order valence-electron chi connectivity index (χ1n) is 7.59. The molecule has 0 bridgehead atoms. The van der Waals surface area contributed by atoms with Gasteiger partial charge < -0.3 is 10.6 Å². The molecule has 0 aliphatic heterocycles. The van der Waals surface area contributed by atoms with E-state index in [1.165, 1.54) is 11.0 Å². The molecule has 130 valence electrons. The molecule has 3 aromatic rings. The van der Waals surface area contributed by atoms with Crippen molar-refractivity contribution in [2.45, 2.75) is 6.92 Å². The summed E-state index contributed by atoms with van der Waals surface area (Å²) < 4.78 is 1.39. The maximum absolute atomic E-state index is 9.37. The zero-order chi connectivity index (χ0) is 18.5. The van der Waals surface area contributed by atoms with Crippen molar-refractivity contribution in [3.05, 3.63) is 35.9 Å². The van der Waals surface area contributed by atoms with Crippen LogP contribution >= 0.6 is 0 Å². The fourth-order valence-electron chi connectivity index (χ4n) is 2.21. The summed E-state index contributed by atoms with van der Waals surface area (Å²) in [6, 6.07) is 3.83. The first kappa shape index (κ1) is 16.9. The molecule has 0 aliphatic carbocycles. The van der Waals surface area contributed by atoms with E-state index in [0.29, 0.717) is 34.4 Å². The molecule has 3 rings (SSSR count). The first-order valence-corrected chi connectivity index (χ1v) is 7.59. The predicted octanol–water partition coefficient (Wildman–Crippen LogP) is 2.13. The van der Waals surface area contributed by atoms with Crippen molar-refractivity contribution in [1.82, 2.24) is 29.7 Å². The number of azo groups is 1. The van der Waals surface area contributed by atoms with Crippen LogP contribution in [0.25, 0.3) is 5.95 Å². The molecule has 0 radical (unpaired) electrons. The average Bonchev–Trinajstić information content (AvgIpc) is 3.16. The monoisotopic (exact) mass is 349 g/mol. The van der Waals surface area contributed by atoms with Gasteiger partial charge in [-0.25, -0.2) is 15.0 Å². The molecule has 0 saturated heterocycles. The molecule has 11 nitrogen and oxygen atoms in total. The van der Waals surface area contributed by atoms with Crippen LogP contribution in [0.1, 0.15) is 11.1 Å². The molecule has 0 atom stereocenters. The zero-order valence-electron chi connectivity index (χ0n) is 14.3. The van der Waals surface area contributed by atoms with Crippen LogP contribution in [0.4, 0.5) is 23.3 Å². The van der Waals surface area contributed by atoms with Crippen LogP contribution in [0.5, 0.6) is 0 Å². The predicted molar refractivity (Wildman–Crippen MR) is 93.9 cm³/mol. The van der Waals surface area contributed by atoms with Gasteiger partial charge in [-0.1, -0.05) is 0 Å². The van der Waals surface area contributed by atoms with Crippen LogP contribution in [-0.2, 0) is 0 Å². The minimum atomic E-state index is 0.134. The highest BCUT2D eigenvalue weighted by atomic mass is 15.4. The SMILES string of the molecule is CNc1nc(NC)c(N=Nc2ncn(-c3ncccn3)n2)c(C)c1C#N. The Morgan fingerprint density at radius 3 is 2.46 bits per heavy atom. The number of anilines is 2. The van der Waals surface area contributed by atoms with Gasteiger partial charge in [-0.15, -0.1) is 15.3 Å². The maximum Gasteiger partial charge on any atom is 0.287 e. The van der Waals surface area contributed by atoms with Crippen molar-refractivity contribution in [1.29, 1.82) is 5.26 Å². The third kappa shape index (κ3) is 3.16. The average molecular weight is 349 g/mol. The Hall–Kier alpha value is -3.94. The molecule has 0 aliphatic rings. The van der Waals surface area contributed by atoms with Gasteiger partial charge in [-0.2, -0.15) is 14.9 Å². The highest BCUT2D eigenvalue weighted by molar-refractivity contribution is 5.74. The highest BCUT2D eigenvalue weighted by Crippen LogP contribution is 2.33. The second-order valence-electron chi connectivity index (χ2n) is 5.01. The number of nitrogens with zero attached hydrogens (tertiary/aromatic N) is 9. The van der Waals surface area contributed by atoms with Crippen LogP contribution in [0.3, 0.4) is 0 Å². The lowest BCUT2D eigenvalue weighted by Crippen LogP contribution is -2.03. The molecular weight excluding hydrogens is 334 g/mol. The van der Waals surface area contributed by atoms with Crippen LogP contribution in [0.15, 0.2) is 35.0 Å². The van der Waals surface area contributed by atoms with E-state index in [2.05, 4.69) is 52.0 Å². The number of aromatic nitrogens is 6. The van der Waals surface area contributed by atoms with E-state index in [1.54, 1.807) is 39.5 Å². The maximum atomic E-state index is 9.37. The molecule has 26 heavy (non-hydrogen) atoms. The molecule has 0 amide bonds. The Kier molecular flexibility index (Phi) is 4.75. The summed E-state index contributed by atoms with van der Waals surface area (Å²) in [5, 5.41) is 27.6. The largest absolute Gasteiger partial charge is 0.372 e. The highest BCUT2D eigenvalue weighted by Gasteiger charge is 2.16. The topological polar surface area (TPSA) is 142 Å². The van der Waals surface area contributed by atoms with E-state index in [1.807, 2.05) is 0 Å².